The molecule has 1 fully saturated rings. The molecular weight excluding hydrogens is 338 g/mol. The van der Waals surface area contributed by atoms with Crippen molar-refractivity contribution >= 4 is 17.5 Å². The van der Waals surface area contributed by atoms with Crippen molar-refractivity contribution < 1.29 is 9.59 Å². The van der Waals surface area contributed by atoms with Gasteiger partial charge < -0.3 is 10.6 Å². The highest BCUT2D eigenvalue weighted by Gasteiger charge is 2.26. The SMILES string of the molecule is O=C1C[C@@H](NC(=O)c2ccc(CN3CCCCC3)cc2)c2ccccc2N1. The number of anilines is 1. The average Bonchev–Trinajstić information content (AvgIpc) is 2.69. The summed E-state index contributed by atoms with van der Waals surface area (Å²) < 4.78 is 0. The third-order valence-electron chi connectivity index (χ3n) is 5.38. The first-order valence-electron chi connectivity index (χ1n) is 9.70. The van der Waals surface area contributed by atoms with E-state index >= 15 is 0 Å². The molecule has 140 valence electrons. The molecule has 2 aliphatic heterocycles. The molecule has 0 bridgehead atoms. The number of likely N-dealkylation sites (tertiary alicyclic amines) is 1. The maximum Gasteiger partial charge on any atom is 0.251 e. The van der Waals surface area contributed by atoms with Crippen LogP contribution >= 0.6 is 0 Å². The van der Waals surface area contributed by atoms with Crippen LogP contribution in [0.15, 0.2) is 48.5 Å². The highest BCUT2D eigenvalue weighted by atomic mass is 16.2. The third-order valence-corrected chi connectivity index (χ3v) is 5.38. The maximum absolute atomic E-state index is 12.7. The van der Waals surface area contributed by atoms with Gasteiger partial charge in [0.25, 0.3) is 5.91 Å². The lowest BCUT2D eigenvalue weighted by molar-refractivity contribution is -0.116. The van der Waals surface area contributed by atoms with Crippen molar-refractivity contribution in [1.82, 2.24) is 10.2 Å². The van der Waals surface area contributed by atoms with Gasteiger partial charge in [-0.05, 0) is 55.3 Å². The lowest BCUT2D eigenvalue weighted by Crippen LogP contribution is -2.35. The second-order valence-corrected chi connectivity index (χ2v) is 7.40. The number of carbonyl (C=O) groups is 2. The minimum atomic E-state index is -0.296. The predicted octanol–water partition coefficient (Wildman–Crippen LogP) is 3.49. The fourth-order valence-electron chi connectivity index (χ4n) is 3.92. The number of hydrogen-bond acceptors (Lipinski definition) is 3. The second kappa shape index (κ2) is 7.92. The van der Waals surface area contributed by atoms with E-state index in [1.54, 1.807) is 0 Å². The van der Waals surface area contributed by atoms with E-state index in [-0.39, 0.29) is 24.3 Å². The smallest absolute Gasteiger partial charge is 0.251 e. The molecule has 0 unspecified atom stereocenters. The molecule has 2 amide bonds. The number of hydrogen-bond donors (Lipinski definition) is 2. The summed E-state index contributed by atoms with van der Waals surface area (Å²) in [6.07, 6.45) is 4.14. The third kappa shape index (κ3) is 4.19. The zero-order chi connectivity index (χ0) is 18.6. The molecule has 27 heavy (non-hydrogen) atoms. The fourth-order valence-corrected chi connectivity index (χ4v) is 3.92. The van der Waals surface area contributed by atoms with Gasteiger partial charge in [-0.25, -0.2) is 0 Å². The molecule has 2 aromatic rings. The monoisotopic (exact) mass is 363 g/mol. The summed E-state index contributed by atoms with van der Waals surface area (Å²) in [4.78, 5) is 27.1. The van der Waals surface area contributed by atoms with E-state index in [9.17, 15) is 9.59 Å². The van der Waals surface area contributed by atoms with Gasteiger partial charge in [0.15, 0.2) is 0 Å². The summed E-state index contributed by atoms with van der Waals surface area (Å²) in [5.41, 5.74) is 3.58. The lowest BCUT2D eigenvalue weighted by Gasteiger charge is -2.27. The van der Waals surface area contributed by atoms with E-state index < -0.39 is 0 Å². The van der Waals surface area contributed by atoms with E-state index in [1.807, 2.05) is 48.5 Å². The summed E-state index contributed by atoms with van der Waals surface area (Å²) in [6, 6.07) is 15.1. The van der Waals surface area contributed by atoms with Gasteiger partial charge in [0.2, 0.25) is 5.91 Å². The van der Waals surface area contributed by atoms with Gasteiger partial charge in [-0.3, -0.25) is 14.5 Å². The molecule has 0 radical (unpaired) electrons. The van der Waals surface area contributed by atoms with E-state index in [0.717, 1.165) is 30.9 Å². The molecule has 1 atom stereocenters. The highest BCUT2D eigenvalue weighted by Crippen LogP contribution is 2.30. The van der Waals surface area contributed by atoms with Crippen LogP contribution in [-0.4, -0.2) is 29.8 Å². The van der Waals surface area contributed by atoms with Gasteiger partial charge in [-0.2, -0.15) is 0 Å². The Balaban J connectivity index is 1.42. The number of benzene rings is 2. The molecule has 2 aliphatic rings. The Morgan fingerprint density at radius 1 is 1.04 bits per heavy atom. The van der Waals surface area contributed by atoms with Gasteiger partial charge in [0.05, 0.1) is 12.5 Å². The van der Waals surface area contributed by atoms with E-state index in [0.29, 0.717) is 5.56 Å². The number of para-hydroxylation sites is 1. The van der Waals surface area contributed by atoms with Crippen molar-refractivity contribution in [1.29, 1.82) is 0 Å². The normalized spacial score (nSPS) is 19.9. The molecular formula is C22H25N3O2. The first kappa shape index (κ1) is 17.7. The van der Waals surface area contributed by atoms with Crippen molar-refractivity contribution in [3.05, 3.63) is 65.2 Å². The standard InChI is InChI=1S/C22H25N3O2/c26-21-14-20(18-6-2-3-7-19(18)23-21)24-22(27)17-10-8-16(9-11-17)15-25-12-4-1-5-13-25/h2-3,6-11,20H,1,4-5,12-15H2,(H,23,26)(H,24,27)/t20-/m1/s1. The number of carbonyl (C=O) groups excluding carboxylic acids is 2. The summed E-state index contributed by atoms with van der Waals surface area (Å²) in [6.45, 7) is 3.26. The first-order valence-corrected chi connectivity index (χ1v) is 9.70. The van der Waals surface area contributed by atoms with Crippen LogP contribution in [0.4, 0.5) is 5.69 Å². The molecule has 1 saturated heterocycles. The molecule has 4 rings (SSSR count). The molecule has 2 heterocycles. The predicted molar refractivity (Wildman–Crippen MR) is 105 cm³/mol. The molecule has 5 heteroatoms. The van der Waals surface area contributed by atoms with Crippen molar-refractivity contribution in [3.63, 3.8) is 0 Å². The van der Waals surface area contributed by atoms with Crippen molar-refractivity contribution in [2.75, 3.05) is 18.4 Å². The largest absolute Gasteiger partial charge is 0.345 e. The van der Waals surface area contributed by atoms with Crippen molar-refractivity contribution in [2.24, 2.45) is 0 Å². The van der Waals surface area contributed by atoms with E-state index in [4.69, 9.17) is 0 Å². The Hall–Kier alpha value is -2.66. The first-order chi connectivity index (χ1) is 13.2. The van der Waals surface area contributed by atoms with Gasteiger partial charge in [-0.1, -0.05) is 36.8 Å². The van der Waals surface area contributed by atoms with Crippen LogP contribution in [0.3, 0.4) is 0 Å². The number of nitrogens with zero attached hydrogens (tertiary/aromatic N) is 1. The lowest BCUT2D eigenvalue weighted by atomic mass is 9.97. The molecule has 2 aromatic carbocycles. The van der Waals surface area contributed by atoms with Gasteiger partial charge in [0, 0.05) is 17.8 Å². The number of amides is 2. The summed E-state index contributed by atoms with van der Waals surface area (Å²) in [5, 5.41) is 5.87. The fraction of sp³-hybridized carbons (Fsp3) is 0.364. The minimum absolute atomic E-state index is 0.0733. The van der Waals surface area contributed by atoms with Gasteiger partial charge >= 0.3 is 0 Å². The zero-order valence-electron chi connectivity index (χ0n) is 15.4. The average molecular weight is 363 g/mol. The Morgan fingerprint density at radius 3 is 2.56 bits per heavy atom. The topological polar surface area (TPSA) is 61.4 Å². The Labute approximate surface area is 159 Å². The molecule has 0 aliphatic carbocycles. The summed E-state index contributed by atoms with van der Waals surface area (Å²) >= 11 is 0. The van der Waals surface area contributed by atoms with Crippen LogP contribution in [0.5, 0.6) is 0 Å². The second-order valence-electron chi connectivity index (χ2n) is 7.40. The van der Waals surface area contributed by atoms with Crippen LogP contribution in [0.25, 0.3) is 0 Å². The number of piperidine rings is 1. The van der Waals surface area contributed by atoms with E-state index in [1.165, 1.54) is 24.8 Å². The Bertz CT molecular complexity index is 826. The molecule has 5 nitrogen and oxygen atoms in total. The summed E-state index contributed by atoms with van der Waals surface area (Å²) in [7, 11) is 0. The van der Waals surface area contributed by atoms with Gasteiger partial charge in [-0.15, -0.1) is 0 Å². The van der Waals surface area contributed by atoms with Crippen LogP contribution in [0.2, 0.25) is 0 Å². The number of nitrogens with one attached hydrogen (secondary N) is 2. The van der Waals surface area contributed by atoms with Crippen LogP contribution in [0, 0.1) is 0 Å². The molecule has 0 saturated carbocycles. The zero-order valence-corrected chi connectivity index (χ0v) is 15.4. The summed E-state index contributed by atoms with van der Waals surface area (Å²) in [5.74, 6) is -0.218. The number of rotatable bonds is 4. The number of fused-ring (bicyclic) bond motifs is 1. The van der Waals surface area contributed by atoms with Gasteiger partial charge in [0.1, 0.15) is 0 Å². The van der Waals surface area contributed by atoms with Crippen LogP contribution in [0.1, 0.15) is 53.2 Å². The van der Waals surface area contributed by atoms with Crippen molar-refractivity contribution in [3.8, 4) is 0 Å². The quantitative estimate of drug-likeness (QED) is 0.874. The van der Waals surface area contributed by atoms with Crippen LogP contribution in [-0.2, 0) is 11.3 Å². The maximum atomic E-state index is 12.7. The molecule has 0 spiro atoms. The Morgan fingerprint density at radius 2 is 1.78 bits per heavy atom. The molecule has 0 aromatic heterocycles. The minimum Gasteiger partial charge on any atom is -0.345 e. The van der Waals surface area contributed by atoms with Crippen LogP contribution < -0.4 is 10.6 Å². The highest BCUT2D eigenvalue weighted by molar-refractivity contribution is 5.98. The van der Waals surface area contributed by atoms with Crippen molar-refractivity contribution in [2.45, 2.75) is 38.3 Å². The van der Waals surface area contributed by atoms with E-state index in [2.05, 4.69) is 15.5 Å². The Kier molecular flexibility index (Phi) is 5.21. The molecule has 2 N–H and O–H groups in total.